The fraction of sp³-hybridized carbons (Fsp3) is 0.133. The van der Waals surface area contributed by atoms with Gasteiger partial charge in [0.15, 0.2) is 5.17 Å². The first-order valence-electron chi connectivity index (χ1n) is 6.94. The van der Waals surface area contributed by atoms with Gasteiger partial charge in [0.05, 0.1) is 0 Å². The fourth-order valence-electron chi connectivity index (χ4n) is 1.79. The van der Waals surface area contributed by atoms with Crippen LogP contribution in [0.3, 0.4) is 0 Å². The number of imide groups is 1. The molecule has 0 saturated carbocycles. The van der Waals surface area contributed by atoms with Crippen LogP contribution >= 0.6 is 11.8 Å². The zero-order valence-electron chi connectivity index (χ0n) is 12.5. The summed E-state index contributed by atoms with van der Waals surface area (Å²) in [6.07, 6.45) is 4.90. The lowest BCUT2D eigenvalue weighted by Crippen LogP contribution is -2.37. The molecule has 124 valence electrons. The van der Waals surface area contributed by atoms with Crippen LogP contribution in [0.25, 0.3) is 6.08 Å². The summed E-state index contributed by atoms with van der Waals surface area (Å²) in [5.41, 5.74) is 5.87. The largest absolute Gasteiger partial charge is 0.351 e. The Morgan fingerprint density at radius 2 is 2.08 bits per heavy atom. The van der Waals surface area contributed by atoms with Gasteiger partial charge >= 0.3 is 6.03 Å². The molecular weight excluding hydrogens is 330 g/mol. The molecule has 4 amide bonds. The van der Waals surface area contributed by atoms with Crippen LogP contribution in [-0.4, -0.2) is 34.5 Å². The van der Waals surface area contributed by atoms with Crippen molar-refractivity contribution in [2.75, 3.05) is 0 Å². The predicted octanol–water partition coefficient (Wildman–Crippen LogP) is 0.858. The Kier molecular flexibility index (Phi) is 6.26. The molecule has 4 N–H and O–H groups in total. The van der Waals surface area contributed by atoms with E-state index >= 15 is 0 Å². The molecule has 0 radical (unpaired) electrons. The van der Waals surface area contributed by atoms with Gasteiger partial charge in [0.2, 0.25) is 11.8 Å². The van der Waals surface area contributed by atoms with Gasteiger partial charge in [-0.05, 0) is 11.6 Å². The van der Waals surface area contributed by atoms with Crippen LogP contribution in [-0.2, 0) is 9.59 Å². The minimum atomic E-state index is -0.952. The van der Waals surface area contributed by atoms with Gasteiger partial charge in [0.1, 0.15) is 5.25 Å². The Morgan fingerprint density at radius 1 is 1.33 bits per heavy atom. The van der Waals surface area contributed by atoms with Crippen molar-refractivity contribution in [2.45, 2.75) is 11.7 Å². The SMILES string of the molecule is NC(=O)NC(=O)C[C@@H]1S/C(=N/N=C\C=C\c2ccccc2)NC1=O. The van der Waals surface area contributed by atoms with E-state index in [-0.39, 0.29) is 12.3 Å². The van der Waals surface area contributed by atoms with E-state index in [1.807, 2.05) is 41.7 Å². The van der Waals surface area contributed by atoms with Crippen LogP contribution in [0.4, 0.5) is 4.79 Å². The molecule has 1 heterocycles. The highest BCUT2D eigenvalue weighted by Gasteiger charge is 2.32. The lowest BCUT2D eigenvalue weighted by Gasteiger charge is -2.03. The van der Waals surface area contributed by atoms with Crippen molar-refractivity contribution in [3.63, 3.8) is 0 Å². The second-order valence-electron chi connectivity index (χ2n) is 4.65. The van der Waals surface area contributed by atoms with E-state index in [9.17, 15) is 14.4 Å². The second kappa shape index (κ2) is 8.63. The summed E-state index contributed by atoms with van der Waals surface area (Å²) in [5, 5.41) is 11.7. The Balaban J connectivity index is 1.85. The molecular formula is C15H15N5O3S. The summed E-state index contributed by atoms with van der Waals surface area (Å²) < 4.78 is 0. The third-order valence-electron chi connectivity index (χ3n) is 2.80. The molecule has 0 bridgehead atoms. The van der Waals surface area contributed by atoms with Crippen molar-refractivity contribution in [1.29, 1.82) is 0 Å². The van der Waals surface area contributed by atoms with E-state index in [0.717, 1.165) is 17.3 Å². The Hall–Kier alpha value is -2.94. The van der Waals surface area contributed by atoms with E-state index in [1.54, 1.807) is 6.08 Å². The zero-order chi connectivity index (χ0) is 17.4. The molecule has 1 aromatic carbocycles. The number of allylic oxidation sites excluding steroid dienone is 1. The van der Waals surface area contributed by atoms with Crippen LogP contribution in [0.5, 0.6) is 0 Å². The average molecular weight is 345 g/mol. The highest BCUT2D eigenvalue weighted by atomic mass is 32.2. The first-order valence-corrected chi connectivity index (χ1v) is 7.82. The summed E-state index contributed by atoms with van der Waals surface area (Å²) in [6, 6.07) is 8.73. The van der Waals surface area contributed by atoms with Crippen LogP contribution in [0.1, 0.15) is 12.0 Å². The standard InChI is InChI=1S/C15H15N5O3S/c16-14(23)18-12(21)9-11-13(22)19-15(24-11)20-17-8-4-7-10-5-2-1-3-6-10/h1-8,11H,9H2,(H,19,20,22)(H3,16,18,21,23)/b7-4+,17-8-/t11-/m0/s1. The van der Waals surface area contributed by atoms with Gasteiger partial charge in [-0.2, -0.15) is 5.10 Å². The summed E-state index contributed by atoms with van der Waals surface area (Å²) in [4.78, 5) is 33.7. The third kappa shape index (κ3) is 5.69. The number of nitrogens with one attached hydrogen (secondary N) is 2. The minimum absolute atomic E-state index is 0.171. The van der Waals surface area contributed by atoms with Crippen molar-refractivity contribution in [1.82, 2.24) is 10.6 Å². The van der Waals surface area contributed by atoms with Crippen molar-refractivity contribution in [3.8, 4) is 0 Å². The maximum atomic E-state index is 11.7. The van der Waals surface area contributed by atoms with Gasteiger partial charge in [0.25, 0.3) is 0 Å². The van der Waals surface area contributed by atoms with Crippen molar-refractivity contribution >= 4 is 47.1 Å². The first-order chi connectivity index (χ1) is 11.5. The maximum Gasteiger partial charge on any atom is 0.318 e. The minimum Gasteiger partial charge on any atom is -0.351 e. The van der Waals surface area contributed by atoms with Crippen LogP contribution in [0, 0.1) is 0 Å². The van der Waals surface area contributed by atoms with Crippen molar-refractivity contribution in [3.05, 3.63) is 42.0 Å². The quantitative estimate of drug-likeness (QED) is 0.540. The molecule has 1 saturated heterocycles. The number of rotatable bonds is 5. The van der Waals surface area contributed by atoms with E-state index in [0.29, 0.717) is 5.17 Å². The van der Waals surface area contributed by atoms with Crippen LogP contribution in [0.15, 0.2) is 46.6 Å². The molecule has 9 heteroatoms. The number of carbonyl (C=O) groups excluding carboxylic acids is 3. The number of carbonyl (C=O) groups is 3. The molecule has 1 aliphatic rings. The molecule has 1 aliphatic heterocycles. The number of urea groups is 1. The molecule has 24 heavy (non-hydrogen) atoms. The number of thioether (sulfide) groups is 1. The first kappa shape index (κ1) is 17.4. The molecule has 1 aromatic rings. The van der Waals surface area contributed by atoms with Crippen molar-refractivity contribution in [2.24, 2.45) is 15.9 Å². The molecule has 1 fully saturated rings. The number of hydrogen-bond acceptors (Lipinski definition) is 6. The summed E-state index contributed by atoms with van der Waals surface area (Å²) in [6.45, 7) is 0. The topological polar surface area (TPSA) is 126 Å². The van der Waals surface area contributed by atoms with E-state index in [4.69, 9.17) is 5.73 Å². The van der Waals surface area contributed by atoms with Gasteiger partial charge in [-0.1, -0.05) is 48.2 Å². The predicted molar refractivity (Wildman–Crippen MR) is 93.3 cm³/mol. The lowest BCUT2D eigenvalue weighted by molar-refractivity contribution is -0.124. The number of amidine groups is 1. The number of hydrogen-bond donors (Lipinski definition) is 3. The summed E-state index contributed by atoms with van der Waals surface area (Å²) in [5.74, 6) is -0.987. The smallest absolute Gasteiger partial charge is 0.318 e. The highest BCUT2D eigenvalue weighted by Crippen LogP contribution is 2.22. The number of primary amides is 1. The van der Waals surface area contributed by atoms with E-state index in [2.05, 4.69) is 15.5 Å². The number of amides is 4. The Morgan fingerprint density at radius 3 is 2.79 bits per heavy atom. The van der Waals surface area contributed by atoms with Crippen LogP contribution < -0.4 is 16.4 Å². The molecule has 8 nitrogen and oxygen atoms in total. The maximum absolute atomic E-state index is 11.7. The van der Waals surface area contributed by atoms with Gasteiger partial charge in [-0.3, -0.25) is 14.9 Å². The third-order valence-corrected chi connectivity index (χ3v) is 3.87. The van der Waals surface area contributed by atoms with Crippen LogP contribution in [0.2, 0.25) is 0 Å². The Labute approximate surface area is 142 Å². The molecule has 0 unspecified atom stereocenters. The lowest BCUT2D eigenvalue weighted by atomic mass is 10.2. The molecule has 0 aliphatic carbocycles. The molecule has 0 aromatic heterocycles. The molecule has 2 rings (SSSR count). The summed E-state index contributed by atoms with van der Waals surface area (Å²) >= 11 is 1.07. The monoisotopic (exact) mass is 345 g/mol. The van der Waals surface area contributed by atoms with Gasteiger partial charge in [-0.25, -0.2) is 4.79 Å². The number of benzene rings is 1. The second-order valence-corrected chi connectivity index (χ2v) is 5.84. The highest BCUT2D eigenvalue weighted by molar-refractivity contribution is 8.15. The number of nitrogens with zero attached hydrogens (tertiary/aromatic N) is 2. The van der Waals surface area contributed by atoms with Gasteiger partial charge in [0, 0.05) is 12.6 Å². The molecule has 0 spiro atoms. The Bertz CT molecular complexity index is 715. The van der Waals surface area contributed by atoms with E-state index in [1.165, 1.54) is 6.21 Å². The fourth-order valence-corrected chi connectivity index (χ4v) is 2.71. The van der Waals surface area contributed by atoms with Crippen molar-refractivity contribution < 1.29 is 14.4 Å². The number of nitrogens with two attached hydrogens (primary N) is 1. The normalized spacial score (nSPS) is 19.1. The van der Waals surface area contributed by atoms with E-state index < -0.39 is 17.2 Å². The zero-order valence-corrected chi connectivity index (χ0v) is 13.3. The average Bonchev–Trinajstić information content (AvgIpc) is 2.87. The molecule has 1 atom stereocenters. The van der Waals surface area contributed by atoms with Gasteiger partial charge in [-0.15, -0.1) is 5.10 Å². The summed E-state index contributed by atoms with van der Waals surface area (Å²) in [7, 11) is 0. The van der Waals surface area contributed by atoms with Gasteiger partial charge < -0.3 is 11.1 Å².